The van der Waals surface area contributed by atoms with Gasteiger partial charge >= 0.3 is 113 Å². The quantitative estimate of drug-likeness (QED) is 0.560. The van der Waals surface area contributed by atoms with Crippen LogP contribution in [-0.2, 0) is 42.1 Å². The topological polar surface area (TPSA) is 47.6 Å². The molecule has 0 aliphatic rings. The SMILES string of the molecule is N#[C][Ag].N#[C][Ag].[KH]. The summed E-state index contributed by atoms with van der Waals surface area (Å²) in [4.78, 5) is 0. The third-order valence-electron chi connectivity index (χ3n) is 0. The van der Waals surface area contributed by atoms with Crippen LogP contribution in [0.15, 0.2) is 0 Å². The predicted molar refractivity (Wildman–Crippen MR) is 18.4 cm³/mol. The molecule has 0 aromatic carbocycles. The molecule has 5 heteroatoms. The van der Waals surface area contributed by atoms with Crippen LogP contribution in [0.2, 0.25) is 0 Å². The van der Waals surface area contributed by atoms with Crippen molar-refractivity contribution >= 4 is 51.4 Å². The molecule has 42 valence electrons. The van der Waals surface area contributed by atoms with Crippen LogP contribution in [0.3, 0.4) is 0 Å². The molecule has 0 aliphatic heterocycles. The van der Waals surface area contributed by atoms with Crippen molar-refractivity contribution in [2.24, 2.45) is 0 Å². The van der Waals surface area contributed by atoms with E-state index in [2.05, 4.69) is 42.1 Å². The second-order valence-electron chi connectivity index (χ2n) is 0.135. The van der Waals surface area contributed by atoms with Gasteiger partial charge in [0.2, 0.25) is 0 Å². The molecule has 2 nitrogen and oxygen atoms in total. The Morgan fingerprint density at radius 1 is 1.00 bits per heavy atom. The maximum atomic E-state index is 7.24. The maximum absolute atomic E-state index is 7.24. The Morgan fingerprint density at radius 3 is 1.00 bits per heavy atom. The van der Waals surface area contributed by atoms with Crippen molar-refractivity contribution in [1.29, 1.82) is 10.5 Å². The van der Waals surface area contributed by atoms with E-state index in [-0.39, 0.29) is 51.4 Å². The zero-order valence-electron chi connectivity index (χ0n) is 2.50. The average Bonchev–Trinajstić information content (AvgIpc) is 1.39. The van der Waals surface area contributed by atoms with Gasteiger partial charge < -0.3 is 0 Å². The molecule has 0 bridgehead atoms. The van der Waals surface area contributed by atoms with Crippen LogP contribution in [0, 0.1) is 19.1 Å². The summed E-state index contributed by atoms with van der Waals surface area (Å²) in [6, 6.07) is 0. The molecular weight excluding hydrogens is 307 g/mol. The van der Waals surface area contributed by atoms with E-state index in [9.17, 15) is 0 Å². The summed E-state index contributed by atoms with van der Waals surface area (Å²) in [5, 5.41) is 14.5. The molecule has 7 heavy (non-hydrogen) atoms. The molecule has 0 aromatic rings. The van der Waals surface area contributed by atoms with Crippen LogP contribution < -0.4 is 0 Å². The van der Waals surface area contributed by atoms with E-state index in [1.807, 2.05) is 0 Å². The molecule has 0 aliphatic carbocycles. The fourth-order valence-electron chi connectivity index (χ4n) is 0. The van der Waals surface area contributed by atoms with E-state index in [4.69, 9.17) is 10.5 Å². The Morgan fingerprint density at radius 2 is 1.00 bits per heavy atom. The fourth-order valence-corrected chi connectivity index (χ4v) is 0. The molecule has 0 heterocycles. The summed E-state index contributed by atoms with van der Waals surface area (Å²) in [7, 11) is 0. The second-order valence-corrected chi connectivity index (χ2v) is 0.798. The Kier molecular flexibility index (Phi) is 55.7. The van der Waals surface area contributed by atoms with Gasteiger partial charge in [-0.15, -0.1) is 0 Å². The van der Waals surface area contributed by atoms with Gasteiger partial charge in [-0.3, -0.25) is 0 Å². The summed E-state index contributed by atoms with van der Waals surface area (Å²) in [5.41, 5.74) is 0. The Balaban J connectivity index is -0.0000000400. The zero-order valence-corrected chi connectivity index (χ0v) is 5.46. The Labute approximate surface area is 110 Å². The first-order valence-electron chi connectivity index (χ1n) is 0.749. The average molecular weight is 308 g/mol. The number of hydrogen-bond acceptors (Lipinski definition) is 2. The summed E-state index contributed by atoms with van der Waals surface area (Å²) < 4.78 is 3.12. The molecule has 0 saturated carbocycles. The van der Waals surface area contributed by atoms with Crippen molar-refractivity contribution in [3.63, 3.8) is 0 Å². The van der Waals surface area contributed by atoms with Gasteiger partial charge in [0.1, 0.15) is 0 Å². The van der Waals surface area contributed by atoms with Crippen molar-refractivity contribution < 1.29 is 42.1 Å². The van der Waals surface area contributed by atoms with E-state index in [0.29, 0.717) is 0 Å². The van der Waals surface area contributed by atoms with Gasteiger partial charge in [-0.1, -0.05) is 0 Å². The Hall–Kier alpha value is 2.10. The summed E-state index contributed by atoms with van der Waals surface area (Å²) in [6.07, 6.45) is 0. The molecule has 0 aromatic heterocycles. The third-order valence-corrected chi connectivity index (χ3v) is 0. The van der Waals surface area contributed by atoms with Crippen molar-refractivity contribution in [3.05, 3.63) is 0 Å². The number of rotatable bonds is 0. The van der Waals surface area contributed by atoms with Gasteiger partial charge in [0.05, 0.1) is 0 Å². The van der Waals surface area contributed by atoms with Gasteiger partial charge in [0.25, 0.3) is 0 Å². The van der Waals surface area contributed by atoms with E-state index in [0.717, 1.165) is 0 Å². The van der Waals surface area contributed by atoms with Crippen LogP contribution in [0.5, 0.6) is 0 Å². The second kappa shape index (κ2) is 24.3. The summed E-state index contributed by atoms with van der Waals surface area (Å²) in [5.74, 6) is 0. The van der Waals surface area contributed by atoms with E-state index in [1.165, 1.54) is 0 Å². The molecular formula is C2HAg2KN2. The normalized spacial score (nSPS) is 2.57. The number of nitriles is 2. The molecule has 0 saturated heterocycles. The first kappa shape index (κ1) is 16.0. The molecule has 0 fully saturated rings. The predicted octanol–water partition coefficient (Wildman–Crippen LogP) is -0.620. The van der Waals surface area contributed by atoms with Gasteiger partial charge in [-0.05, 0) is 0 Å². The van der Waals surface area contributed by atoms with Gasteiger partial charge in [-0.2, -0.15) is 0 Å². The van der Waals surface area contributed by atoms with Gasteiger partial charge in [0, 0.05) is 0 Å². The molecule has 0 amide bonds. The van der Waals surface area contributed by atoms with E-state index >= 15 is 0 Å². The standard InChI is InChI=1S/2CN.2Ag.K.H/c2*1-2;;;;. The monoisotopic (exact) mass is 306 g/mol. The minimum atomic E-state index is 0. The number of nitrogens with zero attached hydrogens (tertiary/aromatic N) is 2. The summed E-state index contributed by atoms with van der Waals surface area (Å²) >= 11 is 4.93. The van der Waals surface area contributed by atoms with Crippen molar-refractivity contribution in [3.8, 4) is 8.57 Å². The molecule has 0 unspecified atom stereocenters. The number of hydrogen-bond donors (Lipinski definition) is 0. The van der Waals surface area contributed by atoms with Crippen molar-refractivity contribution in [2.75, 3.05) is 0 Å². The molecule has 0 N–H and O–H groups in total. The third kappa shape index (κ3) is 68.5. The van der Waals surface area contributed by atoms with Gasteiger partial charge in [-0.25, -0.2) is 0 Å². The van der Waals surface area contributed by atoms with Crippen molar-refractivity contribution in [1.82, 2.24) is 0 Å². The van der Waals surface area contributed by atoms with Crippen molar-refractivity contribution in [2.45, 2.75) is 0 Å². The van der Waals surface area contributed by atoms with Crippen LogP contribution in [-0.4, -0.2) is 51.4 Å². The van der Waals surface area contributed by atoms with Crippen LogP contribution >= 0.6 is 0 Å². The van der Waals surface area contributed by atoms with E-state index < -0.39 is 0 Å². The molecule has 0 atom stereocenters. The Bertz CT molecular complexity index is 68.7. The van der Waals surface area contributed by atoms with Crippen LogP contribution in [0.1, 0.15) is 0 Å². The van der Waals surface area contributed by atoms with Crippen LogP contribution in [0.25, 0.3) is 0 Å². The first-order valence-corrected chi connectivity index (χ1v) is 2.23. The zero-order chi connectivity index (χ0) is 5.41. The minimum absolute atomic E-state index is 0. The molecule has 0 radical (unpaired) electrons. The summed E-state index contributed by atoms with van der Waals surface area (Å²) in [6.45, 7) is 0. The van der Waals surface area contributed by atoms with Crippen LogP contribution in [0.4, 0.5) is 0 Å². The molecule has 0 spiro atoms. The fraction of sp³-hybridized carbons (Fsp3) is 0. The van der Waals surface area contributed by atoms with Gasteiger partial charge in [0.15, 0.2) is 0 Å². The van der Waals surface area contributed by atoms with E-state index in [1.54, 1.807) is 8.57 Å². The first-order chi connectivity index (χ1) is 2.83. The molecule has 0 rings (SSSR count).